The fraction of sp³-hybridized carbons (Fsp3) is 0.167. The largest absolute Gasteiger partial charge is 0.451 e. The van der Waals surface area contributed by atoms with E-state index in [0.717, 1.165) is 18.2 Å². The van der Waals surface area contributed by atoms with Gasteiger partial charge in [-0.05, 0) is 35.1 Å². The zero-order valence-corrected chi connectivity index (χ0v) is 13.2. The summed E-state index contributed by atoms with van der Waals surface area (Å²) in [7, 11) is -2.29. The van der Waals surface area contributed by atoms with E-state index in [-0.39, 0.29) is 15.3 Å². The van der Waals surface area contributed by atoms with Crippen LogP contribution in [0.25, 0.3) is 0 Å². The number of hydrogen-bond donors (Lipinski definition) is 2. The van der Waals surface area contributed by atoms with Crippen molar-refractivity contribution in [3.63, 3.8) is 0 Å². The predicted octanol–water partition coefficient (Wildman–Crippen LogP) is 2.84. The minimum atomic E-state index is -3.98. The van der Waals surface area contributed by atoms with Crippen LogP contribution in [0.5, 0.6) is 0 Å². The van der Waals surface area contributed by atoms with Gasteiger partial charge in [0.25, 0.3) is 10.0 Å². The molecule has 114 valence electrons. The van der Waals surface area contributed by atoms with E-state index in [4.69, 9.17) is 4.42 Å². The first-order chi connectivity index (χ1) is 9.83. The van der Waals surface area contributed by atoms with E-state index in [1.54, 1.807) is 7.05 Å². The minimum Gasteiger partial charge on any atom is -0.451 e. The van der Waals surface area contributed by atoms with E-state index in [2.05, 4.69) is 26.0 Å². The summed E-state index contributed by atoms with van der Waals surface area (Å²) in [4.78, 5) is -0.127. The number of hydrogen-bond acceptors (Lipinski definition) is 4. The second kappa shape index (κ2) is 6.12. The average molecular weight is 381 g/mol. The number of sulfonamides is 1. The van der Waals surface area contributed by atoms with Crippen molar-refractivity contribution >= 4 is 31.6 Å². The van der Waals surface area contributed by atoms with Gasteiger partial charge in [-0.3, -0.25) is 4.72 Å². The van der Waals surface area contributed by atoms with Gasteiger partial charge in [-0.15, -0.1) is 0 Å². The second-order valence-electron chi connectivity index (χ2n) is 4.12. The van der Waals surface area contributed by atoms with Gasteiger partial charge in [-0.2, -0.15) is 0 Å². The normalized spacial score (nSPS) is 11.6. The molecule has 2 aromatic rings. The molecule has 1 aromatic heterocycles. The van der Waals surface area contributed by atoms with E-state index < -0.39 is 21.7 Å². The Hall–Kier alpha value is -1.45. The first kappa shape index (κ1) is 15.9. The van der Waals surface area contributed by atoms with E-state index in [1.807, 2.05) is 0 Å². The number of rotatable bonds is 5. The molecule has 1 heterocycles. The van der Waals surface area contributed by atoms with Crippen molar-refractivity contribution in [3.05, 3.63) is 46.3 Å². The average Bonchev–Trinajstić information content (AvgIpc) is 2.76. The summed E-state index contributed by atoms with van der Waals surface area (Å²) in [5, 5.41) is 2.82. The Morgan fingerprint density at radius 1 is 1.24 bits per heavy atom. The van der Waals surface area contributed by atoms with Gasteiger partial charge in [-0.1, -0.05) is 0 Å². The molecule has 5 nitrogen and oxygen atoms in total. The maximum absolute atomic E-state index is 13.1. The number of nitrogens with one attached hydrogen (secondary N) is 2. The Bertz CT molecular complexity index is 762. The van der Waals surface area contributed by atoms with Crippen molar-refractivity contribution in [2.24, 2.45) is 0 Å². The Morgan fingerprint density at radius 3 is 2.57 bits per heavy atom. The Morgan fingerprint density at radius 2 is 1.95 bits per heavy atom. The van der Waals surface area contributed by atoms with Gasteiger partial charge >= 0.3 is 0 Å². The molecule has 0 radical (unpaired) electrons. The molecule has 0 bridgehead atoms. The Balaban J connectivity index is 2.31. The van der Waals surface area contributed by atoms with Crippen molar-refractivity contribution < 1.29 is 21.6 Å². The van der Waals surface area contributed by atoms with Crippen molar-refractivity contribution in [1.29, 1.82) is 0 Å². The zero-order valence-electron chi connectivity index (χ0n) is 10.8. The van der Waals surface area contributed by atoms with E-state index in [0.29, 0.717) is 12.3 Å². The van der Waals surface area contributed by atoms with Crippen LogP contribution in [-0.4, -0.2) is 15.5 Å². The van der Waals surface area contributed by atoms with Crippen LogP contribution < -0.4 is 10.0 Å². The zero-order chi connectivity index (χ0) is 15.6. The van der Waals surface area contributed by atoms with Gasteiger partial charge in [0.1, 0.15) is 10.7 Å². The SMILES string of the molecule is CNCc1cc(S(=O)(=O)Nc2ccc(F)c(F)c2)c(Br)o1. The Kier molecular flexibility index (Phi) is 4.64. The highest BCUT2D eigenvalue weighted by Gasteiger charge is 2.23. The highest BCUT2D eigenvalue weighted by atomic mass is 79.9. The highest BCUT2D eigenvalue weighted by molar-refractivity contribution is 9.10. The lowest BCUT2D eigenvalue weighted by Crippen LogP contribution is -2.13. The van der Waals surface area contributed by atoms with Gasteiger partial charge in [0, 0.05) is 12.1 Å². The maximum atomic E-state index is 13.1. The lowest BCUT2D eigenvalue weighted by molar-refractivity contribution is 0.470. The first-order valence-electron chi connectivity index (χ1n) is 5.74. The smallest absolute Gasteiger partial charge is 0.266 e. The molecule has 2 rings (SSSR count). The Labute approximate surface area is 128 Å². The van der Waals surface area contributed by atoms with Crippen LogP contribution in [-0.2, 0) is 16.6 Å². The molecule has 0 saturated heterocycles. The molecule has 0 aliphatic heterocycles. The van der Waals surface area contributed by atoms with E-state index >= 15 is 0 Å². The van der Waals surface area contributed by atoms with Crippen molar-refractivity contribution in [1.82, 2.24) is 5.32 Å². The summed E-state index contributed by atoms with van der Waals surface area (Å²) in [5.41, 5.74) is -0.0860. The quantitative estimate of drug-likeness (QED) is 0.836. The molecule has 1 aromatic carbocycles. The predicted molar refractivity (Wildman–Crippen MR) is 76.3 cm³/mol. The van der Waals surface area contributed by atoms with Gasteiger partial charge in [0.2, 0.25) is 0 Å². The number of halogens is 3. The molecule has 0 aliphatic carbocycles. The molecular weight excluding hydrogens is 370 g/mol. The first-order valence-corrected chi connectivity index (χ1v) is 8.02. The minimum absolute atomic E-state index is 0.0304. The summed E-state index contributed by atoms with van der Waals surface area (Å²) in [6, 6.07) is 4.06. The van der Waals surface area contributed by atoms with E-state index in [1.165, 1.54) is 6.07 Å². The highest BCUT2D eigenvalue weighted by Crippen LogP contribution is 2.28. The summed E-state index contributed by atoms with van der Waals surface area (Å²) in [5.74, 6) is -1.79. The molecule has 21 heavy (non-hydrogen) atoms. The summed E-state index contributed by atoms with van der Waals surface area (Å²) >= 11 is 3.01. The van der Waals surface area contributed by atoms with Crippen LogP contribution in [0.2, 0.25) is 0 Å². The van der Waals surface area contributed by atoms with Gasteiger partial charge in [0.05, 0.1) is 12.2 Å². The molecule has 0 fully saturated rings. The summed E-state index contributed by atoms with van der Waals surface area (Å²) in [6.07, 6.45) is 0. The third-order valence-electron chi connectivity index (χ3n) is 2.52. The van der Waals surface area contributed by atoms with Crippen LogP contribution in [0.15, 0.2) is 38.2 Å². The van der Waals surface area contributed by atoms with Gasteiger partial charge < -0.3 is 9.73 Å². The van der Waals surface area contributed by atoms with Crippen LogP contribution in [0, 0.1) is 11.6 Å². The third-order valence-corrected chi connectivity index (χ3v) is 4.76. The van der Waals surface area contributed by atoms with E-state index in [9.17, 15) is 17.2 Å². The maximum Gasteiger partial charge on any atom is 0.266 e. The van der Waals surface area contributed by atoms with Crippen LogP contribution in [0.3, 0.4) is 0 Å². The van der Waals surface area contributed by atoms with Crippen LogP contribution in [0.1, 0.15) is 5.76 Å². The van der Waals surface area contributed by atoms with Gasteiger partial charge in [0.15, 0.2) is 16.3 Å². The second-order valence-corrected chi connectivity index (χ2v) is 6.49. The van der Waals surface area contributed by atoms with Crippen molar-refractivity contribution in [3.8, 4) is 0 Å². The monoisotopic (exact) mass is 380 g/mol. The lowest BCUT2D eigenvalue weighted by atomic mass is 10.3. The molecule has 9 heteroatoms. The molecule has 0 unspecified atom stereocenters. The molecule has 2 N–H and O–H groups in total. The molecule has 0 atom stereocenters. The van der Waals surface area contributed by atoms with Crippen LogP contribution in [0.4, 0.5) is 14.5 Å². The lowest BCUT2D eigenvalue weighted by Gasteiger charge is -2.06. The standard InChI is InChI=1S/C12H11BrF2N2O3S/c1-16-6-8-5-11(12(13)20-8)21(18,19)17-7-2-3-9(14)10(15)4-7/h2-5,16-17H,6H2,1H3. The van der Waals surface area contributed by atoms with Crippen molar-refractivity contribution in [2.75, 3.05) is 11.8 Å². The molecule has 0 saturated carbocycles. The molecule has 0 amide bonds. The third kappa shape index (κ3) is 3.60. The fourth-order valence-electron chi connectivity index (χ4n) is 1.61. The summed E-state index contributed by atoms with van der Waals surface area (Å²) in [6.45, 7) is 0.347. The topological polar surface area (TPSA) is 71.3 Å². The number of furan rings is 1. The van der Waals surface area contributed by atoms with Gasteiger partial charge in [-0.25, -0.2) is 17.2 Å². The molecular formula is C12H11BrF2N2O3S. The number of anilines is 1. The molecule has 0 aliphatic rings. The fourth-order valence-corrected chi connectivity index (χ4v) is 3.66. The van der Waals surface area contributed by atoms with Crippen molar-refractivity contribution in [2.45, 2.75) is 11.4 Å². The number of benzene rings is 1. The summed E-state index contributed by atoms with van der Waals surface area (Å²) < 4.78 is 57.7. The molecule has 0 spiro atoms. The van der Waals surface area contributed by atoms with Crippen LogP contribution >= 0.6 is 15.9 Å².